The van der Waals surface area contributed by atoms with Crippen molar-refractivity contribution >= 4 is 17.0 Å². The predicted octanol–water partition coefficient (Wildman–Crippen LogP) is 2.33. The molecule has 1 amide bonds. The van der Waals surface area contributed by atoms with Gasteiger partial charge >= 0.3 is 6.09 Å². The lowest BCUT2D eigenvalue weighted by atomic mass is 10.1. The lowest BCUT2D eigenvalue weighted by Gasteiger charge is -2.03. The number of alkyl carbamates (subject to hydrolysis) is 1. The molecule has 0 radical (unpaired) electrons. The van der Waals surface area contributed by atoms with Gasteiger partial charge in [-0.25, -0.2) is 4.79 Å². The fourth-order valence-corrected chi connectivity index (χ4v) is 1.68. The fourth-order valence-electron chi connectivity index (χ4n) is 1.68. The van der Waals surface area contributed by atoms with Gasteiger partial charge in [0.15, 0.2) is 0 Å². The fraction of sp³-hybridized carbons (Fsp3) is 0.250. The van der Waals surface area contributed by atoms with Crippen LogP contribution in [0.3, 0.4) is 0 Å². The molecule has 2 N–H and O–H groups in total. The zero-order chi connectivity index (χ0) is 11.5. The summed E-state index contributed by atoms with van der Waals surface area (Å²) in [4.78, 5) is 14.2. The highest BCUT2D eigenvalue weighted by molar-refractivity contribution is 5.81. The van der Waals surface area contributed by atoms with E-state index < -0.39 is 6.09 Å². The van der Waals surface area contributed by atoms with E-state index in [0.717, 1.165) is 22.2 Å². The van der Waals surface area contributed by atoms with Crippen LogP contribution in [-0.2, 0) is 11.3 Å². The maximum Gasteiger partial charge on any atom is 0.407 e. The Kier molecular flexibility index (Phi) is 2.81. The van der Waals surface area contributed by atoms with Crippen molar-refractivity contribution < 1.29 is 9.53 Å². The van der Waals surface area contributed by atoms with E-state index >= 15 is 0 Å². The van der Waals surface area contributed by atoms with Crippen molar-refractivity contribution in [3.63, 3.8) is 0 Å². The number of benzene rings is 1. The van der Waals surface area contributed by atoms with Crippen LogP contribution < -0.4 is 5.32 Å². The average Bonchev–Trinajstić information content (AvgIpc) is 2.65. The predicted molar refractivity (Wildman–Crippen MR) is 62.3 cm³/mol. The summed E-state index contributed by atoms with van der Waals surface area (Å²) in [6, 6.07) is 8.12. The van der Waals surface area contributed by atoms with Crippen LogP contribution in [0.2, 0.25) is 0 Å². The van der Waals surface area contributed by atoms with Gasteiger partial charge in [-0.1, -0.05) is 6.07 Å². The van der Waals surface area contributed by atoms with Crippen LogP contribution in [0.25, 0.3) is 10.9 Å². The van der Waals surface area contributed by atoms with Crippen LogP contribution in [0.1, 0.15) is 11.3 Å². The average molecular weight is 218 g/mol. The number of amides is 1. The number of H-pyrrole nitrogens is 1. The number of methoxy groups -OCH3 is 1. The van der Waals surface area contributed by atoms with Crippen LogP contribution in [0.5, 0.6) is 0 Å². The van der Waals surface area contributed by atoms with Crippen molar-refractivity contribution in [1.29, 1.82) is 0 Å². The highest BCUT2D eigenvalue weighted by Gasteiger charge is 2.01. The Balaban J connectivity index is 2.16. The number of hydrogen-bond donors (Lipinski definition) is 2. The van der Waals surface area contributed by atoms with Gasteiger partial charge in [0.2, 0.25) is 0 Å². The second-order valence-corrected chi connectivity index (χ2v) is 3.72. The Morgan fingerprint density at radius 2 is 2.25 bits per heavy atom. The van der Waals surface area contributed by atoms with Crippen LogP contribution in [-0.4, -0.2) is 18.2 Å². The van der Waals surface area contributed by atoms with E-state index in [2.05, 4.69) is 27.2 Å². The molecule has 2 rings (SSSR count). The molecule has 0 unspecified atom stereocenters. The zero-order valence-corrected chi connectivity index (χ0v) is 9.33. The Morgan fingerprint density at radius 1 is 1.44 bits per heavy atom. The monoisotopic (exact) mass is 218 g/mol. The maximum absolute atomic E-state index is 10.9. The quantitative estimate of drug-likeness (QED) is 0.812. The smallest absolute Gasteiger partial charge is 0.407 e. The lowest BCUT2D eigenvalue weighted by molar-refractivity contribution is 0.170. The number of aryl methyl sites for hydroxylation is 1. The summed E-state index contributed by atoms with van der Waals surface area (Å²) >= 11 is 0. The van der Waals surface area contributed by atoms with Gasteiger partial charge in [0, 0.05) is 17.8 Å². The third-order valence-electron chi connectivity index (χ3n) is 2.44. The third-order valence-corrected chi connectivity index (χ3v) is 2.44. The highest BCUT2D eigenvalue weighted by Crippen LogP contribution is 2.16. The number of carbonyl (C=O) groups excluding carboxylic acids is 1. The van der Waals surface area contributed by atoms with Crippen molar-refractivity contribution in [2.45, 2.75) is 13.5 Å². The molecule has 0 bridgehead atoms. The minimum absolute atomic E-state index is 0.412. The third kappa shape index (κ3) is 2.16. The van der Waals surface area contributed by atoms with Gasteiger partial charge in [0.05, 0.1) is 7.11 Å². The van der Waals surface area contributed by atoms with E-state index in [1.165, 1.54) is 7.11 Å². The number of aromatic nitrogens is 1. The number of carbonyl (C=O) groups is 1. The Bertz CT molecular complexity index is 517. The van der Waals surface area contributed by atoms with Gasteiger partial charge in [-0.15, -0.1) is 0 Å². The van der Waals surface area contributed by atoms with Crippen LogP contribution >= 0.6 is 0 Å². The molecule has 0 spiro atoms. The number of aromatic amines is 1. The van der Waals surface area contributed by atoms with E-state index in [0.29, 0.717) is 6.54 Å². The number of ether oxygens (including phenoxy) is 1. The number of fused-ring (bicyclic) bond motifs is 1. The molecule has 84 valence electrons. The molecule has 0 fully saturated rings. The standard InChI is InChI=1S/C12H14N2O2/c1-8-5-10-6-9(3-4-11(10)14-8)7-13-12(15)16-2/h3-6,14H,7H2,1-2H3,(H,13,15). The SMILES string of the molecule is COC(=O)NCc1ccc2[nH]c(C)cc2c1. The summed E-state index contributed by atoms with van der Waals surface area (Å²) in [5.41, 5.74) is 3.30. The van der Waals surface area contributed by atoms with E-state index in [4.69, 9.17) is 0 Å². The van der Waals surface area contributed by atoms with Crippen molar-refractivity contribution in [3.05, 3.63) is 35.5 Å². The molecule has 0 saturated carbocycles. The van der Waals surface area contributed by atoms with Gasteiger partial charge in [-0.3, -0.25) is 0 Å². The molecule has 0 aliphatic heterocycles. The summed E-state index contributed by atoms with van der Waals surface area (Å²) in [5.74, 6) is 0. The maximum atomic E-state index is 10.9. The molecule has 2 aromatic rings. The molecule has 0 saturated heterocycles. The molecule has 1 aromatic carbocycles. The Hall–Kier alpha value is -1.97. The van der Waals surface area contributed by atoms with Crippen molar-refractivity contribution in [2.24, 2.45) is 0 Å². The van der Waals surface area contributed by atoms with Crippen LogP contribution in [0, 0.1) is 6.92 Å². The summed E-state index contributed by atoms with van der Waals surface area (Å²) in [6.45, 7) is 2.50. The van der Waals surface area contributed by atoms with E-state index in [9.17, 15) is 4.79 Å². The first-order chi connectivity index (χ1) is 7.69. The molecule has 0 aliphatic carbocycles. The summed E-state index contributed by atoms with van der Waals surface area (Å²) in [5, 5.41) is 3.80. The number of rotatable bonds is 2. The number of hydrogen-bond acceptors (Lipinski definition) is 2. The topological polar surface area (TPSA) is 54.1 Å². The van der Waals surface area contributed by atoms with Crippen molar-refractivity contribution in [3.8, 4) is 0 Å². The molecule has 16 heavy (non-hydrogen) atoms. The molecule has 1 aromatic heterocycles. The largest absolute Gasteiger partial charge is 0.453 e. The summed E-state index contributed by atoms with van der Waals surface area (Å²) in [6.07, 6.45) is -0.412. The highest BCUT2D eigenvalue weighted by atomic mass is 16.5. The molecular weight excluding hydrogens is 204 g/mol. The van der Waals surface area contributed by atoms with Crippen LogP contribution in [0.4, 0.5) is 4.79 Å². The lowest BCUT2D eigenvalue weighted by Crippen LogP contribution is -2.22. The van der Waals surface area contributed by atoms with Crippen molar-refractivity contribution in [1.82, 2.24) is 10.3 Å². The Labute approximate surface area is 93.6 Å². The van der Waals surface area contributed by atoms with E-state index in [-0.39, 0.29) is 0 Å². The minimum Gasteiger partial charge on any atom is -0.453 e. The van der Waals surface area contributed by atoms with Gasteiger partial charge < -0.3 is 15.0 Å². The minimum atomic E-state index is -0.412. The molecule has 1 heterocycles. The Morgan fingerprint density at radius 3 is 3.00 bits per heavy atom. The first-order valence-corrected chi connectivity index (χ1v) is 5.09. The van der Waals surface area contributed by atoms with Gasteiger partial charge in [0.1, 0.15) is 0 Å². The molecule has 4 heteroatoms. The van der Waals surface area contributed by atoms with Gasteiger partial charge in [0.25, 0.3) is 0 Å². The van der Waals surface area contributed by atoms with E-state index in [1.54, 1.807) is 0 Å². The first-order valence-electron chi connectivity index (χ1n) is 5.09. The first kappa shape index (κ1) is 10.5. The number of nitrogens with one attached hydrogen (secondary N) is 2. The second kappa shape index (κ2) is 4.26. The second-order valence-electron chi connectivity index (χ2n) is 3.72. The zero-order valence-electron chi connectivity index (χ0n) is 9.33. The van der Waals surface area contributed by atoms with E-state index in [1.807, 2.05) is 19.1 Å². The molecule has 0 atom stereocenters. The summed E-state index contributed by atoms with van der Waals surface area (Å²) < 4.78 is 4.51. The van der Waals surface area contributed by atoms with Gasteiger partial charge in [-0.2, -0.15) is 0 Å². The molecule has 0 aliphatic rings. The van der Waals surface area contributed by atoms with Crippen molar-refractivity contribution in [2.75, 3.05) is 7.11 Å². The molecular formula is C12H14N2O2. The summed E-state index contributed by atoms with van der Waals surface area (Å²) in [7, 11) is 1.36. The van der Waals surface area contributed by atoms with Crippen LogP contribution in [0.15, 0.2) is 24.3 Å². The van der Waals surface area contributed by atoms with Gasteiger partial charge in [-0.05, 0) is 36.1 Å². The normalized spacial score (nSPS) is 10.4. The molecule has 4 nitrogen and oxygen atoms in total.